The van der Waals surface area contributed by atoms with Gasteiger partial charge in [-0.2, -0.15) is 0 Å². The van der Waals surface area contributed by atoms with Gasteiger partial charge in [0.15, 0.2) is 0 Å². The summed E-state index contributed by atoms with van der Waals surface area (Å²) in [6, 6.07) is 15.1. The second-order valence-corrected chi connectivity index (χ2v) is 7.00. The van der Waals surface area contributed by atoms with Crippen LogP contribution in [0.4, 0.5) is 0 Å². The van der Waals surface area contributed by atoms with Crippen LogP contribution in [0.3, 0.4) is 0 Å². The zero-order chi connectivity index (χ0) is 17.9. The summed E-state index contributed by atoms with van der Waals surface area (Å²) in [5.41, 5.74) is 2.46. The smallest absolute Gasteiger partial charge is 0.115 e. The van der Waals surface area contributed by atoms with Crippen LogP contribution in [0.15, 0.2) is 48.5 Å². The Morgan fingerprint density at radius 1 is 0.600 bits per heavy atom. The van der Waals surface area contributed by atoms with E-state index >= 15 is 0 Å². The minimum Gasteiger partial charge on any atom is -0.508 e. The summed E-state index contributed by atoms with van der Waals surface area (Å²) >= 11 is 0. The van der Waals surface area contributed by atoms with Crippen molar-refractivity contribution in [3.05, 3.63) is 59.7 Å². The average molecular weight is 341 g/mol. The highest BCUT2D eigenvalue weighted by Crippen LogP contribution is 2.32. The molecule has 0 fully saturated rings. The molecule has 0 aliphatic heterocycles. The molecule has 0 saturated carbocycles. The number of phenolic OH excluding ortho intramolecular Hbond substituents is 2. The lowest BCUT2D eigenvalue weighted by Gasteiger charge is -2.18. The molecule has 2 heteroatoms. The Morgan fingerprint density at radius 2 is 1.00 bits per heavy atom. The summed E-state index contributed by atoms with van der Waals surface area (Å²) in [7, 11) is 0. The largest absolute Gasteiger partial charge is 0.508 e. The Bertz CT molecular complexity index is 541. The highest BCUT2D eigenvalue weighted by Gasteiger charge is 2.14. The molecule has 0 aliphatic rings. The van der Waals surface area contributed by atoms with Gasteiger partial charge < -0.3 is 10.2 Å². The zero-order valence-corrected chi connectivity index (χ0v) is 15.5. The summed E-state index contributed by atoms with van der Waals surface area (Å²) in [5, 5.41) is 19.1. The van der Waals surface area contributed by atoms with Crippen molar-refractivity contribution in [1.82, 2.24) is 0 Å². The molecule has 25 heavy (non-hydrogen) atoms. The third-order valence-corrected chi connectivity index (χ3v) is 4.94. The average Bonchev–Trinajstić information content (AvgIpc) is 2.63. The molecule has 0 aliphatic carbocycles. The molecule has 0 spiro atoms. The molecule has 0 atom stereocenters. The van der Waals surface area contributed by atoms with E-state index in [1.807, 2.05) is 24.3 Å². The molecule has 2 nitrogen and oxygen atoms in total. The fourth-order valence-electron chi connectivity index (χ4n) is 3.42. The van der Waals surface area contributed by atoms with Gasteiger partial charge in [0.05, 0.1) is 0 Å². The van der Waals surface area contributed by atoms with Gasteiger partial charge in [-0.25, -0.2) is 0 Å². The van der Waals surface area contributed by atoms with Gasteiger partial charge in [0.1, 0.15) is 11.5 Å². The van der Waals surface area contributed by atoms with E-state index in [-0.39, 0.29) is 0 Å². The first kappa shape index (κ1) is 19.4. The third kappa shape index (κ3) is 6.81. The fourth-order valence-corrected chi connectivity index (χ4v) is 3.42. The number of benzene rings is 2. The highest BCUT2D eigenvalue weighted by atomic mass is 16.3. The number of aromatic hydroxyl groups is 2. The topological polar surface area (TPSA) is 40.5 Å². The lowest BCUT2D eigenvalue weighted by atomic mass is 9.86. The van der Waals surface area contributed by atoms with Crippen molar-refractivity contribution in [2.75, 3.05) is 0 Å². The number of unbranched alkanes of at least 4 members (excludes halogenated alkanes) is 7. The number of phenols is 2. The van der Waals surface area contributed by atoms with E-state index in [9.17, 15) is 10.2 Å². The van der Waals surface area contributed by atoms with Gasteiger partial charge in [-0.15, -0.1) is 0 Å². The van der Waals surface area contributed by atoms with Crippen LogP contribution in [0.5, 0.6) is 11.5 Å². The molecule has 0 bridgehead atoms. The van der Waals surface area contributed by atoms with Gasteiger partial charge in [-0.05, 0) is 41.8 Å². The van der Waals surface area contributed by atoms with E-state index in [2.05, 4.69) is 6.92 Å². The number of rotatable bonds is 11. The van der Waals surface area contributed by atoms with Crippen LogP contribution in [-0.2, 0) is 0 Å². The summed E-state index contributed by atoms with van der Waals surface area (Å²) < 4.78 is 0. The van der Waals surface area contributed by atoms with Gasteiger partial charge >= 0.3 is 0 Å². The summed E-state index contributed by atoms with van der Waals surface area (Å²) in [6.45, 7) is 2.26. The first-order valence-corrected chi connectivity index (χ1v) is 9.78. The molecule has 0 saturated heterocycles. The normalized spacial score (nSPS) is 11.1. The zero-order valence-electron chi connectivity index (χ0n) is 15.5. The summed E-state index contributed by atoms with van der Waals surface area (Å²) in [5.74, 6) is 0.932. The maximum absolute atomic E-state index is 9.55. The van der Waals surface area contributed by atoms with Crippen LogP contribution in [0.1, 0.15) is 81.8 Å². The van der Waals surface area contributed by atoms with Crippen molar-refractivity contribution in [3.63, 3.8) is 0 Å². The van der Waals surface area contributed by atoms with E-state index in [0.29, 0.717) is 17.4 Å². The van der Waals surface area contributed by atoms with E-state index in [4.69, 9.17) is 0 Å². The van der Waals surface area contributed by atoms with Crippen LogP contribution >= 0.6 is 0 Å². The monoisotopic (exact) mass is 340 g/mol. The van der Waals surface area contributed by atoms with Gasteiger partial charge in [0.2, 0.25) is 0 Å². The quantitative estimate of drug-likeness (QED) is 0.444. The minimum atomic E-state index is 0.306. The molecule has 2 aromatic rings. The maximum Gasteiger partial charge on any atom is 0.115 e. The molecule has 2 aromatic carbocycles. The molecule has 0 heterocycles. The van der Waals surface area contributed by atoms with Crippen molar-refractivity contribution in [2.24, 2.45) is 0 Å². The number of hydrogen-bond donors (Lipinski definition) is 2. The first-order valence-electron chi connectivity index (χ1n) is 9.78. The standard InChI is InChI=1S/C23H32O2/c1-2-3-4-5-6-7-8-9-10-23(19-11-15-21(24)16-12-19)20-13-17-22(25)18-14-20/h11-18,23-25H,2-10H2,1H3. The second kappa shape index (κ2) is 10.8. The molecule has 0 unspecified atom stereocenters. The molecular formula is C23H32O2. The van der Waals surface area contributed by atoms with Crippen LogP contribution in [0.2, 0.25) is 0 Å². The Kier molecular flexibility index (Phi) is 8.38. The molecule has 2 rings (SSSR count). The van der Waals surface area contributed by atoms with Crippen molar-refractivity contribution in [2.45, 2.75) is 70.6 Å². The van der Waals surface area contributed by atoms with Crippen molar-refractivity contribution in [3.8, 4) is 11.5 Å². The van der Waals surface area contributed by atoms with Gasteiger partial charge in [0.25, 0.3) is 0 Å². The highest BCUT2D eigenvalue weighted by molar-refractivity contribution is 5.37. The molecule has 0 amide bonds. The SMILES string of the molecule is CCCCCCCCCCC(c1ccc(O)cc1)c1ccc(O)cc1. The fraction of sp³-hybridized carbons (Fsp3) is 0.478. The lowest BCUT2D eigenvalue weighted by Crippen LogP contribution is -2.01. The van der Waals surface area contributed by atoms with E-state index in [1.165, 1.54) is 62.5 Å². The van der Waals surface area contributed by atoms with Crippen LogP contribution in [-0.4, -0.2) is 10.2 Å². The van der Waals surface area contributed by atoms with Crippen molar-refractivity contribution < 1.29 is 10.2 Å². The first-order chi connectivity index (χ1) is 12.2. The van der Waals surface area contributed by atoms with Gasteiger partial charge in [-0.1, -0.05) is 82.6 Å². The second-order valence-electron chi connectivity index (χ2n) is 7.00. The Balaban J connectivity index is 1.89. The Labute approximate surface area is 152 Å². The van der Waals surface area contributed by atoms with Gasteiger partial charge in [0, 0.05) is 5.92 Å². The Morgan fingerprint density at radius 3 is 1.44 bits per heavy atom. The molecule has 136 valence electrons. The van der Waals surface area contributed by atoms with Crippen molar-refractivity contribution >= 4 is 0 Å². The third-order valence-electron chi connectivity index (χ3n) is 4.94. The van der Waals surface area contributed by atoms with E-state index in [0.717, 1.165) is 6.42 Å². The molecule has 2 N–H and O–H groups in total. The van der Waals surface area contributed by atoms with Crippen LogP contribution < -0.4 is 0 Å². The minimum absolute atomic E-state index is 0.306. The predicted octanol–water partition coefficient (Wildman–Crippen LogP) is 6.76. The van der Waals surface area contributed by atoms with E-state index < -0.39 is 0 Å². The Hall–Kier alpha value is -1.96. The van der Waals surface area contributed by atoms with E-state index in [1.54, 1.807) is 24.3 Å². The summed E-state index contributed by atoms with van der Waals surface area (Å²) in [4.78, 5) is 0. The lowest BCUT2D eigenvalue weighted by molar-refractivity contribution is 0.474. The van der Waals surface area contributed by atoms with Crippen LogP contribution in [0.25, 0.3) is 0 Å². The summed E-state index contributed by atoms with van der Waals surface area (Å²) in [6.07, 6.45) is 11.7. The maximum atomic E-state index is 9.55. The van der Waals surface area contributed by atoms with Gasteiger partial charge in [-0.3, -0.25) is 0 Å². The van der Waals surface area contributed by atoms with Crippen LogP contribution in [0, 0.1) is 0 Å². The van der Waals surface area contributed by atoms with Crippen molar-refractivity contribution in [1.29, 1.82) is 0 Å². The molecule has 0 aromatic heterocycles. The predicted molar refractivity (Wildman–Crippen MR) is 105 cm³/mol. The molecular weight excluding hydrogens is 308 g/mol. The number of hydrogen-bond acceptors (Lipinski definition) is 2. The molecule has 0 radical (unpaired) electrons.